The van der Waals surface area contributed by atoms with Gasteiger partial charge >= 0.3 is 7.82 Å². The van der Waals surface area contributed by atoms with Crippen LogP contribution in [0.1, 0.15) is 110 Å². The number of nitrogens with one attached hydrogen (secondary N) is 1. The Bertz CT molecular complexity index is 850. The van der Waals surface area contributed by atoms with Crippen LogP contribution in [0.15, 0.2) is 48.6 Å². The Labute approximate surface area is 263 Å². The molecule has 0 radical (unpaired) electrons. The van der Waals surface area contributed by atoms with Crippen molar-refractivity contribution in [2.24, 2.45) is 0 Å². The molecule has 0 aromatic carbocycles. The molecule has 0 aliphatic heterocycles. The summed E-state index contributed by atoms with van der Waals surface area (Å²) >= 11 is 0. The summed E-state index contributed by atoms with van der Waals surface area (Å²) in [5.74, 6) is -0.201. The minimum atomic E-state index is -4.31. The maximum atomic E-state index is 12.6. The van der Waals surface area contributed by atoms with Gasteiger partial charge < -0.3 is 19.8 Å². The van der Waals surface area contributed by atoms with E-state index in [9.17, 15) is 19.4 Å². The topological polar surface area (TPSA) is 105 Å². The Kier molecular flexibility index (Phi) is 25.9. The van der Waals surface area contributed by atoms with Gasteiger partial charge in [0.2, 0.25) is 5.91 Å². The lowest BCUT2D eigenvalue weighted by Gasteiger charge is -2.25. The van der Waals surface area contributed by atoms with Gasteiger partial charge in [0, 0.05) is 6.42 Å². The molecule has 3 atom stereocenters. The summed E-state index contributed by atoms with van der Waals surface area (Å²) in [6.07, 6.45) is 30.9. The van der Waals surface area contributed by atoms with Gasteiger partial charge in [0.25, 0.3) is 0 Å². The van der Waals surface area contributed by atoms with Crippen molar-refractivity contribution in [3.63, 3.8) is 0 Å². The van der Waals surface area contributed by atoms with Crippen LogP contribution in [0.2, 0.25) is 0 Å². The Morgan fingerprint density at radius 3 is 2.02 bits per heavy atom. The highest BCUT2D eigenvalue weighted by Crippen LogP contribution is 2.43. The molecule has 1 amide bonds. The molecule has 0 fully saturated rings. The molecule has 0 rings (SSSR count). The normalized spacial score (nSPS) is 15.6. The van der Waals surface area contributed by atoms with Gasteiger partial charge in [0.1, 0.15) is 13.2 Å². The number of hydrogen-bond donors (Lipinski definition) is 3. The predicted molar refractivity (Wildman–Crippen MR) is 180 cm³/mol. The van der Waals surface area contributed by atoms with Crippen molar-refractivity contribution < 1.29 is 32.9 Å². The molecular weight excluding hydrogens is 563 g/mol. The molecule has 0 bridgehead atoms. The maximum Gasteiger partial charge on any atom is 0.472 e. The Hall–Kier alpha value is -1.54. The number of hydrogen-bond acceptors (Lipinski definition) is 5. The third-order valence-corrected chi connectivity index (χ3v) is 7.79. The number of likely N-dealkylation sites (N-methyl/N-ethyl adjacent to an activating group) is 1. The van der Waals surface area contributed by atoms with Gasteiger partial charge in [0.05, 0.1) is 39.9 Å². The average Bonchev–Trinajstić information content (AvgIpc) is 2.94. The van der Waals surface area contributed by atoms with Gasteiger partial charge in [-0.3, -0.25) is 13.8 Å². The number of aliphatic hydroxyl groups is 1. The van der Waals surface area contributed by atoms with E-state index in [-0.39, 0.29) is 19.1 Å². The average molecular weight is 628 g/mol. The summed E-state index contributed by atoms with van der Waals surface area (Å²) in [6.45, 7) is 4.50. The maximum absolute atomic E-state index is 12.6. The fourth-order valence-corrected chi connectivity index (χ4v) is 4.83. The number of amides is 1. The number of carbonyl (C=O) groups excluding carboxylic acids is 1. The van der Waals surface area contributed by atoms with Crippen molar-refractivity contribution in [2.75, 3.05) is 40.9 Å². The van der Waals surface area contributed by atoms with Gasteiger partial charge in [-0.25, -0.2) is 4.57 Å². The standard InChI is InChI=1S/C34H63N2O6P/c1-6-8-10-12-13-14-15-16-17-18-19-20-21-22-23-24-26-28-34(38)35-32(33(37)27-25-11-9-7-2)31-42-43(39,40)41-30-29-36(3,4)5/h8,10,13-14,16-17,25,27,32-33,37H,6-7,9,11-12,15,18-24,26,28-31H2,1-5H3,(H-,35,38,39,40)/p+1/b10-8-,14-13-,17-16-,27-25+. The molecule has 0 saturated heterocycles. The van der Waals surface area contributed by atoms with E-state index in [0.29, 0.717) is 17.4 Å². The van der Waals surface area contributed by atoms with Gasteiger partial charge in [-0.05, 0) is 44.9 Å². The SMILES string of the molecule is CC/C=C\C/C=C\C/C=C\CCCCCCCCCC(=O)NC(COP(=O)(O)OCC[N+](C)(C)C)C(O)/C=C/CCCC. The second-order valence-corrected chi connectivity index (χ2v) is 13.6. The van der Waals surface area contributed by atoms with Gasteiger partial charge in [-0.1, -0.05) is 107 Å². The molecule has 43 heavy (non-hydrogen) atoms. The highest BCUT2D eigenvalue weighted by Gasteiger charge is 2.27. The number of phosphoric ester groups is 1. The zero-order valence-corrected chi connectivity index (χ0v) is 28.8. The fourth-order valence-electron chi connectivity index (χ4n) is 4.10. The summed E-state index contributed by atoms with van der Waals surface area (Å²) in [5.41, 5.74) is 0. The summed E-state index contributed by atoms with van der Waals surface area (Å²) in [6, 6.07) is -0.846. The number of carbonyl (C=O) groups is 1. The number of phosphoric acid groups is 1. The Morgan fingerprint density at radius 1 is 0.814 bits per heavy atom. The third-order valence-electron chi connectivity index (χ3n) is 6.80. The van der Waals surface area contributed by atoms with Gasteiger partial charge in [-0.15, -0.1) is 0 Å². The molecule has 0 saturated carbocycles. The van der Waals surface area contributed by atoms with E-state index in [1.807, 2.05) is 27.2 Å². The Balaban J connectivity index is 4.31. The lowest BCUT2D eigenvalue weighted by molar-refractivity contribution is -0.870. The molecule has 0 heterocycles. The van der Waals surface area contributed by atoms with E-state index >= 15 is 0 Å². The number of quaternary nitrogens is 1. The van der Waals surface area contributed by atoms with E-state index in [2.05, 4.69) is 55.6 Å². The first-order valence-corrected chi connectivity index (χ1v) is 18.0. The van der Waals surface area contributed by atoms with Crippen molar-refractivity contribution in [1.82, 2.24) is 5.32 Å². The van der Waals surface area contributed by atoms with Crippen LogP contribution in [-0.2, 0) is 18.4 Å². The van der Waals surface area contributed by atoms with Crippen LogP contribution in [0.3, 0.4) is 0 Å². The molecule has 0 aliphatic rings. The summed E-state index contributed by atoms with van der Waals surface area (Å²) in [4.78, 5) is 22.7. The second-order valence-electron chi connectivity index (χ2n) is 12.2. The minimum absolute atomic E-state index is 0.0558. The smallest absolute Gasteiger partial charge is 0.387 e. The Morgan fingerprint density at radius 2 is 1.40 bits per heavy atom. The van der Waals surface area contributed by atoms with E-state index in [4.69, 9.17) is 9.05 Å². The van der Waals surface area contributed by atoms with Crippen LogP contribution in [0.25, 0.3) is 0 Å². The molecule has 3 unspecified atom stereocenters. The van der Waals surface area contributed by atoms with Crippen LogP contribution in [0.5, 0.6) is 0 Å². The van der Waals surface area contributed by atoms with Crippen LogP contribution in [-0.4, -0.2) is 73.4 Å². The first kappa shape index (κ1) is 41.5. The molecule has 3 N–H and O–H groups in total. The number of rotatable bonds is 28. The van der Waals surface area contributed by atoms with E-state index in [0.717, 1.165) is 70.6 Å². The van der Waals surface area contributed by atoms with Crippen molar-refractivity contribution in [3.8, 4) is 0 Å². The molecular formula is C34H64N2O6P+. The summed E-state index contributed by atoms with van der Waals surface area (Å²) in [5, 5.41) is 13.4. The first-order chi connectivity index (χ1) is 20.5. The van der Waals surface area contributed by atoms with Gasteiger partial charge in [-0.2, -0.15) is 0 Å². The van der Waals surface area contributed by atoms with Crippen LogP contribution >= 0.6 is 7.82 Å². The van der Waals surface area contributed by atoms with Gasteiger partial charge in [0.15, 0.2) is 0 Å². The first-order valence-electron chi connectivity index (χ1n) is 16.5. The summed E-state index contributed by atoms with van der Waals surface area (Å²) < 4.78 is 23.2. The highest BCUT2D eigenvalue weighted by atomic mass is 31.2. The quantitative estimate of drug-likeness (QED) is 0.0354. The molecule has 9 heteroatoms. The second kappa shape index (κ2) is 26.8. The summed E-state index contributed by atoms with van der Waals surface area (Å²) in [7, 11) is 1.54. The monoisotopic (exact) mass is 627 g/mol. The zero-order chi connectivity index (χ0) is 32.2. The van der Waals surface area contributed by atoms with Crippen molar-refractivity contribution in [2.45, 2.75) is 122 Å². The van der Waals surface area contributed by atoms with E-state index in [1.54, 1.807) is 6.08 Å². The lowest BCUT2D eigenvalue weighted by atomic mass is 10.1. The van der Waals surface area contributed by atoms with E-state index in [1.165, 1.54) is 19.3 Å². The molecule has 0 aromatic heterocycles. The molecule has 0 aromatic rings. The van der Waals surface area contributed by atoms with Crippen LogP contribution < -0.4 is 5.32 Å². The number of aliphatic hydroxyl groups excluding tert-OH is 1. The largest absolute Gasteiger partial charge is 0.472 e. The van der Waals surface area contributed by atoms with Crippen LogP contribution in [0, 0.1) is 0 Å². The molecule has 250 valence electrons. The minimum Gasteiger partial charge on any atom is -0.387 e. The molecule has 0 aliphatic carbocycles. The highest BCUT2D eigenvalue weighted by molar-refractivity contribution is 7.47. The molecule has 8 nitrogen and oxygen atoms in total. The number of nitrogens with zero attached hydrogens (tertiary/aromatic N) is 1. The van der Waals surface area contributed by atoms with Crippen molar-refractivity contribution >= 4 is 13.7 Å². The lowest BCUT2D eigenvalue weighted by Crippen LogP contribution is -2.45. The molecule has 0 spiro atoms. The number of allylic oxidation sites excluding steroid dienone is 7. The van der Waals surface area contributed by atoms with Crippen molar-refractivity contribution in [3.05, 3.63) is 48.6 Å². The van der Waals surface area contributed by atoms with Crippen molar-refractivity contribution in [1.29, 1.82) is 0 Å². The van der Waals surface area contributed by atoms with E-state index < -0.39 is 20.0 Å². The number of unbranched alkanes of at least 4 members (excludes halogenated alkanes) is 9. The third kappa shape index (κ3) is 29.0. The zero-order valence-electron chi connectivity index (χ0n) is 27.9. The predicted octanol–water partition coefficient (Wildman–Crippen LogP) is 7.79. The fraction of sp³-hybridized carbons (Fsp3) is 0.735. The van der Waals surface area contributed by atoms with Crippen LogP contribution in [0.4, 0.5) is 0 Å².